The van der Waals surface area contributed by atoms with E-state index in [1.165, 1.54) is 0 Å². The van der Waals surface area contributed by atoms with Crippen LogP contribution in [0.5, 0.6) is 0 Å². The molecule has 1 rings (SSSR count). The zero-order chi connectivity index (χ0) is 13.6. The van der Waals surface area contributed by atoms with E-state index in [0.717, 1.165) is 18.6 Å². The van der Waals surface area contributed by atoms with Gasteiger partial charge in [0.25, 0.3) is 0 Å². The molecule has 1 aliphatic heterocycles. The highest BCUT2D eigenvalue weighted by Gasteiger charge is 2.39. The van der Waals surface area contributed by atoms with Gasteiger partial charge in [0.05, 0.1) is 5.41 Å². The van der Waals surface area contributed by atoms with Crippen molar-refractivity contribution in [2.24, 2.45) is 5.41 Å². The van der Waals surface area contributed by atoms with E-state index in [1.807, 2.05) is 6.26 Å². The van der Waals surface area contributed by atoms with Gasteiger partial charge in [0.15, 0.2) is 0 Å². The molecule has 0 aliphatic carbocycles. The Morgan fingerprint density at radius 2 is 2.22 bits per heavy atom. The van der Waals surface area contributed by atoms with Gasteiger partial charge in [-0.25, -0.2) is 4.79 Å². The summed E-state index contributed by atoms with van der Waals surface area (Å²) in [4.78, 5) is 24.7. The summed E-state index contributed by atoms with van der Waals surface area (Å²) >= 11 is 1.75. The number of aliphatic carboxylic acids is 1. The molecule has 0 aromatic heterocycles. The SMILES string of the molecule is CSCCCNC(=O)N1CCCC(C)(C(=O)O)C1. The third kappa shape index (κ3) is 4.08. The van der Waals surface area contributed by atoms with Crippen molar-refractivity contribution in [3.05, 3.63) is 0 Å². The van der Waals surface area contributed by atoms with Crippen LogP contribution in [0.3, 0.4) is 0 Å². The molecular formula is C12H22N2O3S. The van der Waals surface area contributed by atoms with E-state index in [2.05, 4.69) is 5.32 Å². The highest BCUT2D eigenvalue weighted by atomic mass is 32.2. The van der Waals surface area contributed by atoms with Crippen molar-refractivity contribution >= 4 is 23.8 Å². The maximum Gasteiger partial charge on any atom is 0.317 e. The van der Waals surface area contributed by atoms with Crippen LogP contribution in [0.4, 0.5) is 4.79 Å². The molecular weight excluding hydrogens is 252 g/mol. The number of piperidine rings is 1. The highest BCUT2D eigenvalue weighted by molar-refractivity contribution is 7.98. The monoisotopic (exact) mass is 274 g/mol. The Bertz CT molecular complexity index is 312. The number of thioether (sulfide) groups is 1. The van der Waals surface area contributed by atoms with E-state index in [0.29, 0.717) is 26.1 Å². The van der Waals surface area contributed by atoms with E-state index < -0.39 is 11.4 Å². The number of hydrogen-bond acceptors (Lipinski definition) is 3. The van der Waals surface area contributed by atoms with E-state index in [1.54, 1.807) is 23.6 Å². The van der Waals surface area contributed by atoms with Gasteiger partial charge in [0.1, 0.15) is 0 Å². The second kappa shape index (κ2) is 6.87. The Morgan fingerprint density at radius 1 is 1.50 bits per heavy atom. The largest absolute Gasteiger partial charge is 0.481 e. The fourth-order valence-electron chi connectivity index (χ4n) is 2.11. The zero-order valence-electron chi connectivity index (χ0n) is 11.1. The lowest BCUT2D eigenvalue weighted by atomic mass is 9.82. The topological polar surface area (TPSA) is 69.6 Å². The Labute approximate surface area is 112 Å². The number of nitrogens with zero attached hydrogens (tertiary/aromatic N) is 1. The fraction of sp³-hybridized carbons (Fsp3) is 0.833. The minimum absolute atomic E-state index is 0.136. The number of amides is 2. The highest BCUT2D eigenvalue weighted by Crippen LogP contribution is 2.29. The summed E-state index contributed by atoms with van der Waals surface area (Å²) in [6, 6.07) is -0.136. The molecule has 1 saturated heterocycles. The van der Waals surface area contributed by atoms with Crippen LogP contribution in [0.1, 0.15) is 26.2 Å². The maximum atomic E-state index is 11.9. The molecule has 5 nitrogen and oxygen atoms in total. The summed E-state index contributed by atoms with van der Waals surface area (Å²) in [5.41, 5.74) is -0.797. The van der Waals surface area contributed by atoms with Crippen molar-refractivity contribution in [2.45, 2.75) is 26.2 Å². The number of carbonyl (C=O) groups excluding carboxylic acids is 1. The van der Waals surface area contributed by atoms with Crippen LogP contribution in [0.25, 0.3) is 0 Å². The van der Waals surface area contributed by atoms with Gasteiger partial charge in [0, 0.05) is 19.6 Å². The van der Waals surface area contributed by atoms with E-state index in [4.69, 9.17) is 0 Å². The molecule has 1 fully saturated rings. The van der Waals surface area contributed by atoms with Crippen molar-refractivity contribution < 1.29 is 14.7 Å². The summed E-state index contributed by atoms with van der Waals surface area (Å²) in [6.45, 7) is 3.32. The number of hydrogen-bond donors (Lipinski definition) is 2. The first kappa shape index (κ1) is 15.1. The zero-order valence-corrected chi connectivity index (χ0v) is 11.9. The molecule has 1 aliphatic rings. The lowest BCUT2D eigenvalue weighted by Gasteiger charge is -2.37. The van der Waals surface area contributed by atoms with Gasteiger partial charge < -0.3 is 15.3 Å². The first-order valence-corrected chi connectivity index (χ1v) is 7.64. The number of carbonyl (C=O) groups is 2. The molecule has 6 heteroatoms. The van der Waals surface area contributed by atoms with Crippen molar-refractivity contribution in [1.82, 2.24) is 10.2 Å². The van der Waals surface area contributed by atoms with Gasteiger partial charge in [0.2, 0.25) is 0 Å². The predicted molar refractivity (Wildman–Crippen MR) is 72.9 cm³/mol. The summed E-state index contributed by atoms with van der Waals surface area (Å²) in [6.07, 6.45) is 4.36. The molecule has 0 bridgehead atoms. The lowest BCUT2D eigenvalue weighted by Crippen LogP contribution is -2.51. The van der Waals surface area contributed by atoms with Crippen LogP contribution < -0.4 is 5.32 Å². The summed E-state index contributed by atoms with van der Waals surface area (Å²) in [7, 11) is 0. The molecule has 2 amide bonds. The Kier molecular flexibility index (Phi) is 5.78. The third-order valence-corrected chi connectivity index (χ3v) is 4.00. The molecule has 1 atom stereocenters. The number of carboxylic acids is 1. The van der Waals surface area contributed by atoms with Crippen molar-refractivity contribution in [2.75, 3.05) is 31.6 Å². The summed E-state index contributed by atoms with van der Waals surface area (Å²) < 4.78 is 0. The second-order valence-corrected chi connectivity index (χ2v) is 5.95. The van der Waals surface area contributed by atoms with Gasteiger partial charge >= 0.3 is 12.0 Å². The Balaban J connectivity index is 2.41. The minimum Gasteiger partial charge on any atom is -0.481 e. The first-order valence-electron chi connectivity index (χ1n) is 6.25. The maximum absolute atomic E-state index is 11.9. The van der Waals surface area contributed by atoms with Gasteiger partial charge in [-0.3, -0.25) is 4.79 Å². The summed E-state index contributed by atoms with van der Waals surface area (Å²) in [5, 5.41) is 12.0. The van der Waals surface area contributed by atoms with Crippen LogP contribution in [-0.2, 0) is 4.79 Å². The Morgan fingerprint density at radius 3 is 2.83 bits per heavy atom. The van der Waals surface area contributed by atoms with Crippen molar-refractivity contribution in [1.29, 1.82) is 0 Å². The van der Waals surface area contributed by atoms with Crippen LogP contribution >= 0.6 is 11.8 Å². The number of urea groups is 1. The molecule has 0 spiro atoms. The molecule has 0 aromatic carbocycles. The average Bonchev–Trinajstić information content (AvgIpc) is 2.34. The van der Waals surface area contributed by atoms with Crippen LogP contribution in [0.15, 0.2) is 0 Å². The smallest absolute Gasteiger partial charge is 0.317 e. The number of carboxylic acid groups (broad SMARTS) is 1. The van der Waals surface area contributed by atoms with Crippen molar-refractivity contribution in [3.8, 4) is 0 Å². The third-order valence-electron chi connectivity index (χ3n) is 3.30. The normalized spacial score (nSPS) is 23.8. The fourth-order valence-corrected chi connectivity index (χ4v) is 2.54. The summed E-state index contributed by atoms with van der Waals surface area (Å²) in [5.74, 6) is 0.204. The molecule has 0 radical (unpaired) electrons. The van der Waals surface area contributed by atoms with Gasteiger partial charge in [-0.15, -0.1) is 0 Å². The Hall–Kier alpha value is -0.910. The standard InChI is InChI=1S/C12H22N2O3S/c1-12(10(15)16)5-3-7-14(9-12)11(17)13-6-4-8-18-2/h3-9H2,1-2H3,(H,13,17)(H,15,16). The molecule has 0 saturated carbocycles. The average molecular weight is 274 g/mol. The number of rotatable bonds is 5. The number of nitrogens with one attached hydrogen (secondary N) is 1. The van der Waals surface area contributed by atoms with E-state index >= 15 is 0 Å². The predicted octanol–water partition coefficient (Wildman–Crippen LogP) is 1.64. The molecule has 18 heavy (non-hydrogen) atoms. The first-order chi connectivity index (χ1) is 8.49. The molecule has 104 valence electrons. The van der Waals surface area contributed by atoms with Crippen LogP contribution in [0.2, 0.25) is 0 Å². The minimum atomic E-state index is -0.817. The second-order valence-electron chi connectivity index (χ2n) is 4.97. The van der Waals surface area contributed by atoms with Crippen LogP contribution in [0, 0.1) is 5.41 Å². The molecule has 2 N–H and O–H groups in total. The molecule has 0 aromatic rings. The lowest BCUT2D eigenvalue weighted by molar-refractivity contribution is -0.150. The van der Waals surface area contributed by atoms with Gasteiger partial charge in [-0.2, -0.15) is 11.8 Å². The van der Waals surface area contributed by atoms with E-state index in [9.17, 15) is 14.7 Å². The molecule has 1 heterocycles. The van der Waals surface area contributed by atoms with Crippen LogP contribution in [-0.4, -0.2) is 53.6 Å². The number of likely N-dealkylation sites (tertiary alicyclic amines) is 1. The van der Waals surface area contributed by atoms with Gasteiger partial charge in [-0.05, 0) is 38.2 Å². The quantitative estimate of drug-likeness (QED) is 0.748. The molecule has 1 unspecified atom stereocenters. The van der Waals surface area contributed by atoms with Gasteiger partial charge in [-0.1, -0.05) is 0 Å². The van der Waals surface area contributed by atoms with Crippen molar-refractivity contribution in [3.63, 3.8) is 0 Å². The van der Waals surface area contributed by atoms with E-state index in [-0.39, 0.29) is 6.03 Å².